The second-order valence-corrected chi connectivity index (χ2v) is 4.29. The molecular weight excluding hydrogens is 182 g/mol. The Morgan fingerprint density at radius 2 is 2.00 bits per heavy atom. The largest absolute Gasteiger partial charge is 0.480 e. The van der Waals surface area contributed by atoms with Crippen molar-refractivity contribution in [1.29, 1.82) is 0 Å². The quantitative estimate of drug-likeness (QED) is 0.598. The lowest BCUT2D eigenvalue weighted by atomic mass is 10.0. The molecule has 2 unspecified atom stereocenters. The summed E-state index contributed by atoms with van der Waals surface area (Å²) in [5.41, 5.74) is -0.831. The standard InChI is InChI=1S/C10H21NO3/c1-5-10(4,14)6-11-8(7(2)3)9(12)13/h7-8,11,14H,5-6H2,1-4H3,(H,12,13). The van der Waals surface area contributed by atoms with Gasteiger partial charge in [-0.3, -0.25) is 4.79 Å². The lowest BCUT2D eigenvalue weighted by molar-refractivity contribution is -0.140. The number of carboxylic acids is 1. The molecule has 0 aromatic rings. The van der Waals surface area contributed by atoms with Crippen LogP contribution < -0.4 is 5.32 Å². The van der Waals surface area contributed by atoms with E-state index in [1.54, 1.807) is 6.92 Å². The van der Waals surface area contributed by atoms with Gasteiger partial charge in [0.25, 0.3) is 0 Å². The molecule has 0 aliphatic heterocycles. The maximum Gasteiger partial charge on any atom is 0.320 e. The van der Waals surface area contributed by atoms with Crippen LogP contribution >= 0.6 is 0 Å². The number of carboxylic acid groups (broad SMARTS) is 1. The predicted octanol–water partition coefficient (Wildman–Crippen LogP) is 0.846. The molecule has 0 aromatic heterocycles. The van der Waals surface area contributed by atoms with E-state index in [-0.39, 0.29) is 5.92 Å². The minimum Gasteiger partial charge on any atom is -0.480 e. The van der Waals surface area contributed by atoms with E-state index in [2.05, 4.69) is 5.32 Å². The summed E-state index contributed by atoms with van der Waals surface area (Å²) in [7, 11) is 0. The first-order valence-electron chi connectivity index (χ1n) is 4.98. The Bertz CT molecular complexity index is 190. The fourth-order valence-corrected chi connectivity index (χ4v) is 1.06. The number of aliphatic hydroxyl groups is 1. The zero-order chi connectivity index (χ0) is 11.4. The normalized spacial score (nSPS) is 17.9. The van der Waals surface area contributed by atoms with Crippen molar-refractivity contribution in [2.45, 2.75) is 45.8 Å². The molecule has 2 atom stereocenters. The molecule has 0 radical (unpaired) electrons. The van der Waals surface area contributed by atoms with Gasteiger partial charge in [0.05, 0.1) is 5.60 Å². The van der Waals surface area contributed by atoms with Gasteiger partial charge in [-0.05, 0) is 19.3 Å². The van der Waals surface area contributed by atoms with Crippen LogP contribution in [0.1, 0.15) is 34.1 Å². The zero-order valence-corrected chi connectivity index (χ0v) is 9.37. The van der Waals surface area contributed by atoms with Gasteiger partial charge in [0.15, 0.2) is 0 Å². The zero-order valence-electron chi connectivity index (χ0n) is 9.37. The van der Waals surface area contributed by atoms with Crippen LogP contribution in [0, 0.1) is 5.92 Å². The van der Waals surface area contributed by atoms with Crippen LogP contribution in [0.25, 0.3) is 0 Å². The molecule has 4 heteroatoms. The average molecular weight is 203 g/mol. The van der Waals surface area contributed by atoms with Crippen LogP contribution in [0.4, 0.5) is 0 Å². The molecule has 0 aliphatic carbocycles. The smallest absolute Gasteiger partial charge is 0.320 e. The van der Waals surface area contributed by atoms with E-state index in [1.165, 1.54) is 0 Å². The van der Waals surface area contributed by atoms with Crippen LogP contribution in [0.3, 0.4) is 0 Å². The molecule has 4 nitrogen and oxygen atoms in total. The molecule has 14 heavy (non-hydrogen) atoms. The van der Waals surface area contributed by atoms with Crippen molar-refractivity contribution in [2.75, 3.05) is 6.54 Å². The molecule has 0 spiro atoms. The summed E-state index contributed by atoms with van der Waals surface area (Å²) in [6.07, 6.45) is 0.602. The molecule has 0 heterocycles. The van der Waals surface area contributed by atoms with Crippen LogP contribution in [-0.4, -0.2) is 34.4 Å². The van der Waals surface area contributed by atoms with E-state index in [9.17, 15) is 9.90 Å². The summed E-state index contributed by atoms with van der Waals surface area (Å²) < 4.78 is 0. The average Bonchev–Trinajstić information content (AvgIpc) is 2.03. The second kappa shape index (κ2) is 5.32. The molecule has 0 fully saturated rings. The molecule has 0 aliphatic rings. The highest BCUT2D eigenvalue weighted by molar-refractivity contribution is 5.73. The second-order valence-electron chi connectivity index (χ2n) is 4.29. The summed E-state index contributed by atoms with van der Waals surface area (Å²) in [6.45, 7) is 7.55. The van der Waals surface area contributed by atoms with Crippen molar-refractivity contribution in [3.63, 3.8) is 0 Å². The van der Waals surface area contributed by atoms with Gasteiger partial charge in [-0.25, -0.2) is 0 Å². The Morgan fingerprint density at radius 3 is 2.29 bits per heavy atom. The van der Waals surface area contributed by atoms with Crippen LogP contribution in [0.15, 0.2) is 0 Å². The predicted molar refractivity (Wildman–Crippen MR) is 55.2 cm³/mol. The lowest BCUT2D eigenvalue weighted by Gasteiger charge is -2.26. The van der Waals surface area contributed by atoms with E-state index in [4.69, 9.17) is 5.11 Å². The molecule has 3 N–H and O–H groups in total. The van der Waals surface area contributed by atoms with E-state index >= 15 is 0 Å². The SMILES string of the molecule is CCC(C)(O)CNC(C(=O)O)C(C)C. The number of hydrogen-bond acceptors (Lipinski definition) is 3. The summed E-state index contributed by atoms with van der Waals surface area (Å²) in [5.74, 6) is -0.855. The van der Waals surface area contributed by atoms with Crippen LogP contribution in [-0.2, 0) is 4.79 Å². The van der Waals surface area contributed by atoms with Crippen LogP contribution in [0.2, 0.25) is 0 Å². The van der Waals surface area contributed by atoms with E-state index in [0.717, 1.165) is 0 Å². The number of aliphatic carboxylic acids is 1. The van der Waals surface area contributed by atoms with Crippen molar-refractivity contribution in [3.8, 4) is 0 Å². The molecule has 0 amide bonds. The van der Waals surface area contributed by atoms with Gasteiger partial charge in [-0.15, -0.1) is 0 Å². The van der Waals surface area contributed by atoms with Gasteiger partial charge >= 0.3 is 5.97 Å². The van der Waals surface area contributed by atoms with Crippen molar-refractivity contribution < 1.29 is 15.0 Å². The van der Waals surface area contributed by atoms with E-state index in [1.807, 2.05) is 20.8 Å². The first kappa shape index (κ1) is 13.4. The van der Waals surface area contributed by atoms with Crippen molar-refractivity contribution in [1.82, 2.24) is 5.32 Å². The minimum atomic E-state index is -0.869. The van der Waals surface area contributed by atoms with Gasteiger partial charge in [-0.1, -0.05) is 20.8 Å². The van der Waals surface area contributed by atoms with Crippen molar-refractivity contribution in [2.24, 2.45) is 5.92 Å². The van der Waals surface area contributed by atoms with Crippen molar-refractivity contribution in [3.05, 3.63) is 0 Å². The van der Waals surface area contributed by atoms with E-state index < -0.39 is 17.6 Å². The number of nitrogens with one attached hydrogen (secondary N) is 1. The maximum absolute atomic E-state index is 10.8. The monoisotopic (exact) mass is 203 g/mol. The summed E-state index contributed by atoms with van der Waals surface area (Å²) >= 11 is 0. The fraction of sp³-hybridized carbons (Fsp3) is 0.900. The maximum atomic E-state index is 10.8. The third-order valence-electron chi connectivity index (χ3n) is 2.40. The Morgan fingerprint density at radius 1 is 1.50 bits per heavy atom. The van der Waals surface area contributed by atoms with Gasteiger partial charge in [0.1, 0.15) is 6.04 Å². The topological polar surface area (TPSA) is 69.6 Å². The third-order valence-corrected chi connectivity index (χ3v) is 2.40. The number of hydrogen-bond donors (Lipinski definition) is 3. The molecule has 0 saturated heterocycles. The molecular formula is C10H21NO3. The molecule has 0 aromatic carbocycles. The summed E-state index contributed by atoms with van der Waals surface area (Å²) in [6, 6.07) is -0.590. The minimum absolute atomic E-state index is 0.0140. The van der Waals surface area contributed by atoms with Gasteiger partial charge in [0.2, 0.25) is 0 Å². The first-order chi connectivity index (χ1) is 6.30. The first-order valence-corrected chi connectivity index (χ1v) is 4.98. The highest BCUT2D eigenvalue weighted by Gasteiger charge is 2.25. The summed E-state index contributed by atoms with van der Waals surface area (Å²) in [4.78, 5) is 10.8. The Labute approximate surface area is 85.3 Å². The summed E-state index contributed by atoms with van der Waals surface area (Å²) in [5, 5.41) is 21.4. The Balaban J connectivity index is 4.14. The highest BCUT2D eigenvalue weighted by Crippen LogP contribution is 2.08. The lowest BCUT2D eigenvalue weighted by Crippen LogP contribution is -2.47. The van der Waals surface area contributed by atoms with E-state index in [0.29, 0.717) is 13.0 Å². The Hall–Kier alpha value is -0.610. The Kier molecular flexibility index (Phi) is 5.08. The number of rotatable bonds is 6. The molecule has 0 bridgehead atoms. The molecule has 84 valence electrons. The third kappa shape index (κ3) is 4.58. The van der Waals surface area contributed by atoms with Gasteiger partial charge in [0, 0.05) is 6.54 Å². The van der Waals surface area contributed by atoms with Gasteiger partial charge in [-0.2, -0.15) is 0 Å². The number of carbonyl (C=O) groups is 1. The molecule has 0 saturated carbocycles. The molecule has 0 rings (SSSR count). The van der Waals surface area contributed by atoms with Gasteiger partial charge < -0.3 is 15.5 Å². The van der Waals surface area contributed by atoms with Crippen molar-refractivity contribution >= 4 is 5.97 Å². The highest BCUT2D eigenvalue weighted by atomic mass is 16.4. The van der Waals surface area contributed by atoms with Crippen LogP contribution in [0.5, 0.6) is 0 Å². The fourth-order valence-electron chi connectivity index (χ4n) is 1.06.